The van der Waals surface area contributed by atoms with Crippen LogP contribution < -0.4 is 0 Å². The third-order valence-corrected chi connectivity index (χ3v) is 14.2. The van der Waals surface area contributed by atoms with E-state index in [1.54, 1.807) is 0 Å². The minimum Gasteiger partial charge on any atom is -0.309 e. The highest BCUT2D eigenvalue weighted by atomic mass is 15.0. The molecular weight excluding hydrogens is 773 g/mol. The van der Waals surface area contributed by atoms with Crippen molar-refractivity contribution < 1.29 is 0 Å². The predicted molar refractivity (Wildman–Crippen MR) is 268 cm³/mol. The molecular formula is C62H40N2. The van der Waals surface area contributed by atoms with Gasteiger partial charge in [-0.3, -0.25) is 0 Å². The number of benzene rings is 10. The number of aromatic nitrogens is 2. The van der Waals surface area contributed by atoms with Crippen LogP contribution in [-0.4, -0.2) is 9.13 Å². The van der Waals surface area contributed by atoms with Crippen LogP contribution in [0, 0.1) is 0 Å². The first kappa shape index (κ1) is 35.4. The molecule has 0 atom stereocenters. The van der Waals surface area contributed by atoms with Gasteiger partial charge in [0.2, 0.25) is 0 Å². The van der Waals surface area contributed by atoms with Gasteiger partial charge in [-0.25, -0.2) is 0 Å². The van der Waals surface area contributed by atoms with Crippen molar-refractivity contribution in [3.8, 4) is 67.0 Å². The van der Waals surface area contributed by atoms with Crippen LogP contribution in [-0.2, 0) is 12.8 Å². The summed E-state index contributed by atoms with van der Waals surface area (Å²) in [5.41, 5.74) is 25.6. The summed E-state index contributed by atoms with van der Waals surface area (Å²) in [7, 11) is 0. The normalized spacial score (nSPS) is 12.6. The number of rotatable bonds is 5. The van der Waals surface area contributed by atoms with Crippen molar-refractivity contribution in [3.05, 3.63) is 241 Å². The maximum absolute atomic E-state index is 2.48. The van der Waals surface area contributed by atoms with Crippen molar-refractivity contribution in [3.63, 3.8) is 0 Å². The molecule has 0 radical (unpaired) electrons. The third-order valence-electron chi connectivity index (χ3n) is 14.2. The standard InChI is InChI=1S/C62H40N2/c1-3-14-48(15-4-1)63-59-29-26-42(40-23-25-46-33-44-13-8-10-19-51(44)55(46)35-40)37-57(59)58-38-47(28-31-60(58)63)52-20-11-21-53-56-36-41(27-30-61(56)64(62(52)53)49-16-5-2-6-17-49)39-22-24-45-32-43-12-7-9-18-50(43)54(45)34-39/h1-31,34-38H,32-33H2. The van der Waals surface area contributed by atoms with Gasteiger partial charge in [0.05, 0.1) is 22.1 Å². The van der Waals surface area contributed by atoms with Crippen LogP contribution in [0.4, 0.5) is 0 Å². The molecule has 0 N–H and O–H groups in total. The van der Waals surface area contributed by atoms with Crippen LogP contribution in [0.5, 0.6) is 0 Å². The molecule has 0 fully saturated rings. The third kappa shape index (κ3) is 5.26. The van der Waals surface area contributed by atoms with Crippen LogP contribution in [0.3, 0.4) is 0 Å². The Morgan fingerprint density at radius 1 is 0.250 bits per heavy atom. The van der Waals surface area contributed by atoms with Gasteiger partial charge < -0.3 is 9.13 Å². The number of hydrogen-bond acceptors (Lipinski definition) is 0. The molecule has 64 heavy (non-hydrogen) atoms. The van der Waals surface area contributed by atoms with Crippen molar-refractivity contribution >= 4 is 43.6 Å². The quantitative estimate of drug-likeness (QED) is 0.164. The van der Waals surface area contributed by atoms with Gasteiger partial charge in [0.1, 0.15) is 0 Å². The van der Waals surface area contributed by atoms with Crippen molar-refractivity contribution in [1.82, 2.24) is 9.13 Å². The molecule has 0 amide bonds. The highest BCUT2D eigenvalue weighted by Crippen LogP contribution is 2.45. The zero-order valence-electron chi connectivity index (χ0n) is 35.1. The molecule has 298 valence electrons. The summed E-state index contributed by atoms with van der Waals surface area (Å²) in [6, 6.07) is 81.5. The highest BCUT2D eigenvalue weighted by Gasteiger charge is 2.23. The molecule has 2 aliphatic carbocycles. The molecule has 0 bridgehead atoms. The van der Waals surface area contributed by atoms with E-state index >= 15 is 0 Å². The van der Waals surface area contributed by atoms with Crippen LogP contribution in [0.2, 0.25) is 0 Å². The maximum atomic E-state index is 2.48. The van der Waals surface area contributed by atoms with Gasteiger partial charge in [0.15, 0.2) is 0 Å². The van der Waals surface area contributed by atoms with Gasteiger partial charge in [-0.05, 0) is 158 Å². The Labute approximate surface area is 371 Å². The SMILES string of the molecule is c1ccc(-n2c3ccc(-c4ccc5c(c4)-c4ccccc4C5)cc3c3cc(-c4cccc5c6cc(-c7ccc8c(c7)-c7ccccc7C8)ccc6n(-c6ccccc6)c45)ccc32)cc1. The fourth-order valence-electron chi connectivity index (χ4n) is 11.2. The molecule has 2 aliphatic rings. The Hall–Kier alpha value is -8.20. The van der Waals surface area contributed by atoms with E-state index in [4.69, 9.17) is 0 Å². The van der Waals surface area contributed by atoms with E-state index in [9.17, 15) is 0 Å². The molecule has 0 saturated heterocycles. The van der Waals surface area contributed by atoms with Crippen LogP contribution in [0.1, 0.15) is 22.3 Å². The molecule has 0 saturated carbocycles. The number of fused-ring (bicyclic) bond motifs is 12. The second kappa shape index (κ2) is 13.6. The van der Waals surface area contributed by atoms with Crippen molar-refractivity contribution in [2.24, 2.45) is 0 Å². The minimum atomic E-state index is 0.999. The first-order chi connectivity index (χ1) is 31.7. The average Bonchev–Trinajstić information content (AvgIpc) is 4.11. The summed E-state index contributed by atoms with van der Waals surface area (Å²) in [4.78, 5) is 0. The fraction of sp³-hybridized carbons (Fsp3) is 0.0323. The maximum Gasteiger partial charge on any atom is 0.0619 e. The number of nitrogens with zero attached hydrogens (tertiary/aromatic N) is 2. The van der Waals surface area contributed by atoms with E-state index in [0.717, 1.165) is 24.2 Å². The average molecular weight is 813 g/mol. The van der Waals surface area contributed by atoms with Crippen molar-refractivity contribution in [2.45, 2.75) is 12.8 Å². The summed E-state index contributed by atoms with van der Waals surface area (Å²) >= 11 is 0. The Bertz CT molecular complexity index is 3880. The van der Waals surface area contributed by atoms with Gasteiger partial charge in [-0.2, -0.15) is 0 Å². The lowest BCUT2D eigenvalue weighted by molar-refractivity contribution is 1.18. The van der Waals surface area contributed by atoms with E-state index in [2.05, 4.69) is 228 Å². The summed E-state index contributed by atoms with van der Waals surface area (Å²) < 4.78 is 4.90. The monoisotopic (exact) mass is 812 g/mol. The first-order valence-corrected chi connectivity index (χ1v) is 22.4. The molecule has 0 aliphatic heterocycles. The summed E-state index contributed by atoms with van der Waals surface area (Å²) in [5.74, 6) is 0. The van der Waals surface area contributed by atoms with E-state index in [1.165, 1.54) is 122 Å². The van der Waals surface area contributed by atoms with Gasteiger partial charge >= 0.3 is 0 Å². The lowest BCUT2D eigenvalue weighted by atomic mass is 9.96. The Morgan fingerprint density at radius 2 is 0.656 bits per heavy atom. The van der Waals surface area contributed by atoms with E-state index in [1.807, 2.05) is 0 Å². The molecule has 2 nitrogen and oxygen atoms in total. The molecule has 0 spiro atoms. The van der Waals surface area contributed by atoms with Crippen LogP contribution in [0.25, 0.3) is 111 Å². The smallest absolute Gasteiger partial charge is 0.0619 e. The lowest BCUT2D eigenvalue weighted by Gasteiger charge is -2.12. The lowest BCUT2D eigenvalue weighted by Crippen LogP contribution is -1.95. The Kier molecular flexibility index (Phi) is 7.55. The topological polar surface area (TPSA) is 9.86 Å². The van der Waals surface area contributed by atoms with Gasteiger partial charge in [-0.1, -0.05) is 146 Å². The molecule has 2 aromatic heterocycles. The van der Waals surface area contributed by atoms with Crippen LogP contribution in [0.15, 0.2) is 218 Å². The molecule has 0 unspecified atom stereocenters. The molecule has 10 aromatic carbocycles. The molecule has 2 heteroatoms. The van der Waals surface area contributed by atoms with Crippen LogP contribution >= 0.6 is 0 Å². The molecule has 14 rings (SSSR count). The first-order valence-electron chi connectivity index (χ1n) is 22.4. The summed E-state index contributed by atoms with van der Waals surface area (Å²) in [6.45, 7) is 0. The molecule has 2 heterocycles. The Morgan fingerprint density at radius 3 is 1.23 bits per heavy atom. The Balaban J connectivity index is 0.970. The van der Waals surface area contributed by atoms with Gasteiger partial charge in [-0.15, -0.1) is 0 Å². The molecule has 12 aromatic rings. The van der Waals surface area contributed by atoms with Gasteiger partial charge in [0.25, 0.3) is 0 Å². The largest absolute Gasteiger partial charge is 0.309 e. The second-order valence-corrected chi connectivity index (χ2v) is 17.7. The zero-order chi connectivity index (χ0) is 41.9. The van der Waals surface area contributed by atoms with Crippen molar-refractivity contribution in [2.75, 3.05) is 0 Å². The van der Waals surface area contributed by atoms with E-state index < -0.39 is 0 Å². The van der Waals surface area contributed by atoms with Gasteiger partial charge in [0, 0.05) is 38.5 Å². The van der Waals surface area contributed by atoms with Crippen molar-refractivity contribution in [1.29, 1.82) is 0 Å². The summed E-state index contributed by atoms with van der Waals surface area (Å²) in [6.07, 6.45) is 2.00. The summed E-state index contributed by atoms with van der Waals surface area (Å²) in [5, 5.41) is 4.99. The van der Waals surface area contributed by atoms with E-state index in [0.29, 0.717) is 0 Å². The number of para-hydroxylation sites is 3. The zero-order valence-corrected chi connectivity index (χ0v) is 35.1. The van der Waals surface area contributed by atoms with E-state index in [-0.39, 0.29) is 0 Å². The fourth-order valence-corrected chi connectivity index (χ4v) is 11.2. The highest BCUT2D eigenvalue weighted by molar-refractivity contribution is 6.16. The number of hydrogen-bond donors (Lipinski definition) is 0. The predicted octanol–water partition coefficient (Wildman–Crippen LogP) is 16.0. The second-order valence-electron chi connectivity index (χ2n) is 17.7. The minimum absolute atomic E-state index is 0.999.